The first kappa shape index (κ1) is 15.4. The van der Waals surface area contributed by atoms with Gasteiger partial charge in [0, 0.05) is 31.3 Å². The third-order valence-electron chi connectivity index (χ3n) is 4.88. The van der Waals surface area contributed by atoms with Gasteiger partial charge in [0.15, 0.2) is 0 Å². The van der Waals surface area contributed by atoms with Gasteiger partial charge in [-0.15, -0.1) is 0 Å². The van der Waals surface area contributed by atoms with Gasteiger partial charge in [0.05, 0.1) is 22.8 Å². The van der Waals surface area contributed by atoms with Gasteiger partial charge in [-0.2, -0.15) is 0 Å². The Labute approximate surface area is 166 Å². The number of anilines is 3. The first-order chi connectivity index (χ1) is 13.4. The van der Waals surface area contributed by atoms with E-state index in [2.05, 4.69) is 76.6 Å². The minimum absolute atomic E-state index is 1.02. The van der Waals surface area contributed by atoms with E-state index in [1.807, 2.05) is 41.9 Å². The van der Waals surface area contributed by atoms with Crippen molar-refractivity contribution in [2.45, 2.75) is 19.6 Å². The molecule has 27 heavy (non-hydrogen) atoms. The molecular formula is C23H14N2S2. The van der Waals surface area contributed by atoms with Crippen molar-refractivity contribution in [1.82, 2.24) is 4.98 Å². The van der Waals surface area contributed by atoms with Gasteiger partial charge >= 0.3 is 0 Å². The molecule has 0 saturated heterocycles. The van der Waals surface area contributed by atoms with Crippen molar-refractivity contribution in [3.63, 3.8) is 0 Å². The second kappa shape index (κ2) is 5.91. The molecule has 128 valence electrons. The van der Waals surface area contributed by atoms with Gasteiger partial charge in [0.2, 0.25) is 0 Å². The highest BCUT2D eigenvalue weighted by Gasteiger charge is 2.32. The summed E-state index contributed by atoms with van der Waals surface area (Å²) in [6, 6.07) is 28.0. The molecule has 0 atom stereocenters. The number of benzene rings is 3. The van der Waals surface area contributed by atoms with Gasteiger partial charge in [-0.1, -0.05) is 53.9 Å². The Balaban J connectivity index is 1.64. The van der Waals surface area contributed by atoms with E-state index in [9.17, 15) is 0 Å². The Hall–Kier alpha value is -2.69. The second-order valence-corrected chi connectivity index (χ2v) is 8.68. The monoisotopic (exact) mass is 382 g/mol. The van der Waals surface area contributed by atoms with Crippen LogP contribution in [0.25, 0.3) is 11.3 Å². The highest BCUT2D eigenvalue weighted by Crippen LogP contribution is 2.60. The van der Waals surface area contributed by atoms with Crippen LogP contribution < -0.4 is 4.90 Å². The number of nitrogens with zero attached hydrogens (tertiary/aromatic N) is 2. The number of rotatable bonds is 1. The summed E-state index contributed by atoms with van der Waals surface area (Å²) in [5.74, 6) is 0. The zero-order valence-corrected chi connectivity index (χ0v) is 15.9. The van der Waals surface area contributed by atoms with E-state index >= 15 is 0 Å². The predicted molar refractivity (Wildman–Crippen MR) is 113 cm³/mol. The van der Waals surface area contributed by atoms with Crippen LogP contribution in [0, 0.1) is 0 Å². The van der Waals surface area contributed by atoms with Crippen molar-refractivity contribution in [1.29, 1.82) is 0 Å². The maximum absolute atomic E-state index is 4.57. The van der Waals surface area contributed by atoms with Crippen molar-refractivity contribution in [2.75, 3.05) is 4.90 Å². The molecule has 6 rings (SSSR count). The van der Waals surface area contributed by atoms with E-state index in [1.54, 1.807) is 0 Å². The largest absolute Gasteiger partial charge is 0.306 e. The summed E-state index contributed by atoms with van der Waals surface area (Å²) >= 11 is 3.70. The summed E-state index contributed by atoms with van der Waals surface area (Å²) in [7, 11) is 0. The fourth-order valence-corrected chi connectivity index (χ4v) is 6.03. The van der Waals surface area contributed by atoms with Crippen LogP contribution in [0.3, 0.4) is 0 Å². The number of fused-ring (bicyclic) bond motifs is 4. The van der Waals surface area contributed by atoms with Crippen molar-refractivity contribution in [3.05, 3.63) is 85.1 Å². The number of aromatic nitrogens is 1. The normalized spacial score (nSPS) is 13.6. The smallest absolute Gasteiger partial charge is 0.0742 e. The molecule has 0 bridgehead atoms. The van der Waals surface area contributed by atoms with Crippen LogP contribution in [0.5, 0.6) is 0 Å². The number of para-hydroxylation sites is 2. The molecule has 2 nitrogen and oxygen atoms in total. The molecule has 0 amide bonds. The zero-order valence-electron chi connectivity index (χ0n) is 14.3. The van der Waals surface area contributed by atoms with Gasteiger partial charge in [-0.3, -0.25) is 4.98 Å². The molecule has 2 aliphatic heterocycles. The van der Waals surface area contributed by atoms with Crippen LogP contribution in [0.15, 0.2) is 105 Å². The van der Waals surface area contributed by atoms with Crippen molar-refractivity contribution in [3.8, 4) is 11.3 Å². The van der Waals surface area contributed by atoms with Crippen LogP contribution in [-0.2, 0) is 0 Å². The van der Waals surface area contributed by atoms with Crippen LogP contribution in [0.4, 0.5) is 17.1 Å². The molecule has 4 aromatic rings. The quantitative estimate of drug-likeness (QED) is 0.300. The lowest BCUT2D eigenvalue weighted by atomic mass is 10.1. The first-order valence-corrected chi connectivity index (χ1v) is 10.5. The fourth-order valence-electron chi connectivity index (χ4n) is 3.70. The maximum atomic E-state index is 4.57. The third-order valence-corrected chi connectivity index (χ3v) is 7.07. The lowest BCUT2D eigenvalue weighted by molar-refractivity contribution is 1.08. The number of hydrogen-bond donors (Lipinski definition) is 0. The highest BCUT2D eigenvalue weighted by molar-refractivity contribution is 8.00. The van der Waals surface area contributed by atoms with E-state index in [0.717, 1.165) is 5.69 Å². The molecule has 0 fully saturated rings. The minimum atomic E-state index is 1.02. The van der Waals surface area contributed by atoms with E-state index in [-0.39, 0.29) is 0 Å². The first-order valence-electron chi connectivity index (χ1n) is 8.82. The van der Waals surface area contributed by atoms with Crippen LogP contribution in [0.1, 0.15) is 0 Å². The van der Waals surface area contributed by atoms with Gasteiger partial charge in [0.25, 0.3) is 0 Å². The Morgan fingerprint density at radius 1 is 0.630 bits per heavy atom. The molecule has 2 aliphatic rings. The Morgan fingerprint density at radius 3 is 1.81 bits per heavy atom. The lowest BCUT2D eigenvalue weighted by Gasteiger charge is -2.38. The highest BCUT2D eigenvalue weighted by atomic mass is 32.2. The average Bonchev–Trinajstić information content (AvgIpc) is 2.74. The summed E-state index contributed by atoms with van der Waals surface area (Å²) in [4.78, 5) is 12.1. The predicted octanol–water partition coefficient (Wildman–Crippen LogP) is 7.15. The Kier molecular flexibility index (Phi) is 3.37. The van der Waals surface area contributed by atoms with Crippen LogP contribution in [-0.4, -0.2) is 4.98 Å². The summed E-state index contributed by atoms with van der Waals surface area (Å²) in [6.45, 7) is 0. The standard InChI is InChI=1S/C23H14N2S2/c1-3-10-19-17(8-1)25-18-9-2-4-11-20(18)27-22-14-15(13-21(26-19)23(22)25)16-7-5-6-12-24-16/h1-14H. The zero-order chi connectivity index (χ0) is 17.8. The summed E-state index contributed by atoms with van der Waals surface area (Å²) in [5, 5.41) is 0. The van der Waals surface area contributed by atoms with E-state index in [4.69, 9.17) is 0 Å². The molecule has 3 aromatic carbocycles. The van der Waals surface area contributed by atoms with Crippen LogP contribution >= 0.6 is 23.5 Å². The Bertz CT molecular complexity index is 1120. The third kappa shape index (κ3) is 2.34. The van der Waals surface area contributed by atoms with Crippen LogP contribution in [0.2, 0.25) is 0 Å². The summed E-state index contributed by atoms with van der Waals surface area (Å²) in [6.07, 6.45) is 1.86. The second-order valence-electron chi connectivity index (χ2n) is 6.51. The molecule has 0 spiro atoms. The molecule has 0 aliphatic carbocycles. The number of hydrogen-bond acceptors (Lipinski definition) is 4. The van der Waals surface area contributed by atoms with Crippen molar-refractivity contribution in [2.24, 2.45) is 0 Å². The van der Waals surface area contributed by atoms with E-state index < -0.39 is 0 Å². The minimum Gasteiger partial charge on any atom is -0.306 e. The lowest BCUT2D eigenvalue weighted by Crippen LogP contribution is -2.18. The molecule has 4 heteroatoms. The molecule has 1 aromatic heterocycles. The maximum Gasteiger partial charge on any atom is 0.0742 e. The molecule has 0 N–H and O–H groups in total. The van der Waals surface area contributed by atoms with Gasteiger partial charge in [0.1, 0.15) is 0 Å². The van der Waals surface area contributed by atoms with Gasteiger partial charge < -0.3 is 4.90 Å². The van der Waals surface area contributed by atoms with Gasteiger partial charge in [-0.05, 0) is 48.5 Å². The van der Waals surface area contributed by atoms with Crippen molar-refractivity contribution < 1.29 is 0 Å². The number of pyridine rings is 1. The molecule has 0 unspecified atom stereocenters. The fraction of sp³-hybridized carbons (Fsp3) is 0. The molecule has 3 heterocycles. The van der Waals surface area contributed by atoms with E-state index in [1.165, 1.54) is 42.2 Å². The topological polar surface area (TPSA) is 16.1 Å². The SMILES string of the molecule is c1ccc(-c2cc3c4c(c2)Sc2ccccc2N4c2ccccc2S3)nc1. The molecule has 0 radical (unpaired) electrons. The molecule has 0 saturated carbocycles. The summed E-state index contributed by atoms with van der Waals surface area (Å²) < 4.78 is 0. The van der Waals surface area contributed by atoms with Crippen molar-refractivity contribution >= 4 is 40.6 Å². The summed E-state index contributed by atoms with van der Waals surface area (Å²) in [5.41, 5.74) is 6.00. The van der Waals surface area contributed by atoms with E-state index in [0.29, 0.717) is 0 Å². The van der Waals surface area contributed by atoms with Gasteiger partial charge in [-0.25, -0.2) is 0 Å². The Morgan fingerprint density at radius 2 is 1.22 bits per heavy atom. The average molecular weight is 383 g/mol. The molecular weight excluding hydrogens is 368 g/mol.